The zero-order valence-corrected chi connectivity index (χ0v) is 13.6. The van der Waals surface area contributed by atoms with Gasteiger partial charge >= 0.3 is 0 Å². The van der Waals surface area contributed by atoms with Gasteiger partial charge in [-0.25, -0.2) is 0 Å². The summed E-state index contributed by atoms with van der Waals surface area (Å²) in [5.41, 5.74) is 2.50. The van der Waals surface area contributed by atoms with Crippen molar-refractivity contribution >= 4 is 21.8 Å². The number of hydrogen-bond acceptors (Lipinski definition) is 1. The van der Waals surface area contributed by atoms with E-state index < -0.39 is 0 Å². The molecule has 2 aromatic carbocycles. The van der Waals surface area contributed by atoms with E-state index in [4.69, 9.17) is 0 Å². The summed E-state index contributed by atoms with van der Waals surface area (Å²) in [7, 11) is 0. The molecule has 3 heteroatoms. The van der Waals surface area contributed by atoms with Crippen LogP contribution in [0.15, 0.2) is 59.1 Å². The fourth-order valence-electron chi connectivity index (χ4n) is 2.20. The molecular formula is C18H20BrNO. The van der Waals surface area contributed by atoms with Crippen LogP contribution in [0.25, 0.3) is 0 Å². The van der Waals surface area contributed by atoms with Crippen LogP contribution < -0.4 is 5.32 Å². The van der Waals surface area contributed by atoms with Gasteiger partial charge in [0.2, 0.25) is 5.91 Å². The van der Waals surface area contributed by atoms with Gasteiger partial charge in [0.05, 0.1) is 0 Å². The van der Waals surface area contributed by atoms with Gasteiger partial charge < -0.3 is 5.32 Å². The van der Waals surface area contributed by atoms with Gasteiger partial charge in [0.15, 0.2) is 0 Å². The van der Waals surface area contributed by atoms with E-state index in [1.54, 1.807) is 0 Å². The highest BCUT2D eigenvalue weighted by Gasteiger charge is 2.02. The Kier molecular flexibility index (Phi) is 6.48. The molecule has 0 bridgehead atoms. The van der Waals surface area contributed by atoms with E-state index in [0.29, 0.717) is 6.42 Å². The number of hydrogen-bond donors (Lipinski definition) is 1. The Hall–Kier alpha value is -1.61. The van der Waals surface area contributed by atoms with Crippen LogP contribution in [0, 0.1) is 0 Å². The molecule has 0 saturated heterocycles. The molecule has 1 amide bonds. The van der Waals surface area contributed by atoms with Gasteiger partial charge in [-0.2, -0.15) is 0 Å². The van der Waals surface area contributed by atoms with Gasteiger partial charge in [0.25, 0.3) is 0 Å². The maximum atomic E-state index is 11.8. The number of amides is 1. The molecule has 2 aromatic rings. The molecule has 0 aliphatic rings. The second kappa shape index (κ2) is 8.63. The molecule has 2 nitrogen and oxygen atoms in total. The molecule has 0 heterocycles. The molecule has 0 fully saturated rings. The van der Waals surface area contributed by atoms with E-state index in [1.807, 2.05) is 36.4 Å². The predicted octanol–water partition coefficient (Wildman–Crippen LogP) is 4.13. The Morgan fingerprint density at radius 2 is 1.71 bits per heavy atom. The number of rotatable bonds is 7. The molecule has 2 rings (SSSR count). The third-order valence-corrected chi connectivity index (χ3v) is 3.83. The average molecular weight is 346 g/mol. The van der Waals surface area contributed by atoms with E-state index in [1.165, 1.54) is 11.1 Å². The SMILES string of the molecule is O=C(CCc1cccc(Br)c1)NCCCc1ccccc1. The van der Waals surface area contributed by atoms with Crippen LogP contribution in [-0.4, -0.2) is 12.5 Å². The van der Waals surface area contributed by atoms with Crippen molar-refractivity contribution in [2.75, 3.05) is 6.54 Å². The summed E-state index contributed by atoms with van der Waals surface area (Å²) in [6.07, 6.45) is 3.31. The monoisotopic (exact) mass is 345 g/mol. The Morgan fingerprint density at radius 1 is 0.952 bits per heavy atom. The van der Waals surface area contributed by atoms with Crippen LogP contribution in [0.2, 0.25) is 0 Å². The maximum absolute atomic E-state index is 11.8. The molecule has 0 atom stereocenters. The largest absolute Gasteiger partial charge is 0.356 e. The van der Waals surface area contributed by atoms with Crippen molar-refractivity contribution in [2.45, 2.75) is 25.7 Å². The molecule has 0 aliphatic carbocycles. The summed E-state index contributed by atoms with van der Waals surface area (Å²) in [6, 6.07) is 18.5. The predicted molar refractivity (Wildman–Crippen MR) is 90.2 cm³/mol. The van der Waals surface area contributed by atoms with E-state index in [0.717, 1.165) is 30.3 Å². The first-order valence-corrected chi connectivity index (χ1v) is 8.08. The summed E-state index contributed by atoms with van der Waals surface area (Å²) in [4.78, 5) is 11.8. The number of halogens is 1. The van der Waals surface area contributed by atoms with Crippen molar-refractivity contribution < 1.29 is 4.79 Å². The minimum atomic E-state index is 0.128. The third-order valence-electron chi connectivity index (χ3n) is 3.34. The smallest absolute Gasteiger partial charge is 0.220 e. The van der Waals surface area contributed by atoms with Gasteiger partial charge in [0.1, 0.15) is 0 Å². The lowest BCUT2D eigenvalue weighted by molar-refractivity contribution is -0.121. The van der Waals surface area contributed by atoms with Gasteiger partial charge in [-0.1, -0.05) is 58.4 Å². The normalized spacial score (nSPS) is 10.3. The Balaban J connectivity index is 1.62. The minimum Gasteiger partial charge on any atom is -0.356 e. The summed E-state index contributed by atoms with van der Waals surface area (Å²) in [5, 5.41) is 2.99. The molecule has 0 radical (unpaired) electrons. The van der Waals surface area contributed by atoms with Gasteiger partial charge in [-0.3, -0.25) is 4.79 Å². The van der Waals surface area contributed by atoms with E-state index in [-0.39, 0.29) is 5.91 Å². The van der Waals surface area contributed by atoms with E-state index >= 15 is 0 Å². The molecule has 110 valence electrons. The number of benzene rings is 2. The zero-order chi connectivity index (χ0) is 14.9. The fraction of sp³-hybridized carbons (Fsp3) is 0.278. The molecule has 0 spiro atoms. The standard InChI is InChI=1S/C18H20BrNO/c19-17-10-4-8-16(14-17)11-12-18(21)20-13-5-9-15-6-2-1-3-7-15/h1-4,6-8,10,14H,5,9,11-13H2,(H,20,21). The highest BCUT2D eigenvalue weighted by Crippen LogP contribution is 2.12. The van der Waals surface area contributed by atoms with Crippen LogP contribution in [0.3, 0.4) is 0 Å². The summed E-state index contributed by atoms with van der Waals surface area (Å²) < 4.78 is 1.06. The summed E-state index contributed by atoms with van der Waals surface area (Å²) in [6.45, 7) is 0.742. The fourth-order valence-corrected chi connectivity index (χ4v) is 2.65. The number of nitrogens with one attached hydrogen (secondary N) is 1. The van der Waals surface area contributed by atoms with Crippen LogP contribution >= 0.6 is 15.9 Å². The topological polar surface area (TPSA) is 29.1 Å². The van der Waals surface area contributed by atoms with Crippen molar-refractivity contribution in [3.63, 3.8) is 0 Å². The first-order chi connectivity index (χ1) is 10.2. The van der Waals surface area contributed by atoms with Crippen molar-refractivity contribution in [1.29, 1.82) is 0 Å². The lowest BCUT2D eigenvalue weighted by Gasteiger charge is -2.06. The van der Waals surface area contributed by atoms with Crippen molar-refractivity contribution in [2.24, 2.45) is 0 Å². The maximum Gasteiger partial charge on any atom is 0.220 e. The highest BCUT2D eigenvalue weighted by atomic mass is 79.9. The number of carbonyl (C=O) groups is 1. The second-order valence-electron chi connectivity index (χ2n) is 5.07. The number of carbonyl (C=O) groups excluding carboxylic acids is 1. The van der Waals surface area contributed by atoms with E-state index in [2.05, 4.69) is 39.4 Å². The molecule has 1 N–H and O–H groups in total. The van der Waals surface area contributed by atoms with E-state index in [9.17, 15) is 4.79 Å². The molecule has 0 aromatic heterocycles. The van der Waals surface area contributed by atoms with Crippen molar-refractivity contribution in [3.8, 4) is 0 Å². The molecule has 0 aliphatic heterocycles. The lowest BCUT2D eigenvalue weighted by atomic mass is 10.1. The quantitative estimate of drug-likeness (QED) is 0.751. The molecule has 0 saturated carbocycles. The molecular weight excluding hydrogens is 326 g/mol. The van der Waals surface area contributed by atoms with Crippen molar-refractivity contribution in [3.05, 3.63) is 70.2 Å². The van der Waals surface area contributed by atoms with Crippen molar-refractivity contribution in [1.82, 2.24) is 5.32 Å². The zero-order valence-electron chi connectivity index (χ0n) is 12.0. The second-order valence-corrected chi connectivity index (χ2v) is 5.98. The first kappa shape index (κ1) is 15.8. The average Bonchev–Trinajstić information content (AvgIpc) is 2.51. The molecule has 0 unspecified atom stereocenters. The van der Waals surface area contributed by atoms with Crippen LogP contribution in [0.5, 0.6) is 0 Å². The Bertz CT molecular complexity index is 568. The Morgan fingerprint density at radius 3 is 2.48 bits per heavy atom. The highest BCUT2D eigenvalue weighted by molar-refractivity contribution is 9.10. The van der Waals surface area contributed by atoms with Crippen LogP contribution in [-0.2, 0) is 17.6 Å². The minimum absolute atomic E-state index is 0.128. The first-order valence-electron chi connectivity index (χ1n) is 7.29. The lowest BCUT2D eigenvalue weighted by Crippen LogP contribution is -2.24. The summed E-state index contributed by atoms with van der Waals surface area (Å²) >= 11 is 3.44. The van der Waals surface area contributed by atoms with Gasteiger partial charge in [-0.15, -0.1) is 0 Å². The summed E-state index contributed by atoms with van der Waals surface area (Å²) in [5.74, 6) is 0.128. The van der Waals surface area contributed by atoms with Crippen LogP contribution in [0.4, 0.5) is 0 Å². The molecule has 21 heavy (non-hydrogen) atoms. The van der Waals surface area contributed by atoms with Gasteiger partial charge in [0, 0.05) is 17.4 Å². The van der Waals surface area contributed by atoms with Gasteiger partial charge in [-0.05, 0) is 42.5 Å². The van der Waals surface area contributed by atoms with Crippen LogP contribution in [0.1, 0.15) is 24.0 Å². The third kappa shape index (κ3) is 6.13. The number of aryl methyl sites for hydroxylation is 2. The Labute approximate surface area is 134 Å².